The van der Waals surface area contributed by atoms with Crippen molar-refractivity contribution in [2.75, 3.05) is 32.7 Å². The first-order valence-electron chi connectivity index (χ1n) is 6.44. The van der Waals surface area contributed by atoms with Crippen LogP contribution in [0.4, 0.5) is 0 Å². The molecule has 1 fully saturated rings. The van der Waals surface area contributed by atoms with Gasteiger partial charge in [-0.2, -0.15) is 0 Å². The summed E-state index contributed by atoms with van der Waals surface area (Å²) in [7, 11) is 0. The fourth-order valence-electron chi connectivity index (χ4n) is 2.27. The molecule has 110 valence electrons. The summed E-state index contributed by atoms with van der Waals surface area (Å²) in [4.78, 5) is 4.45. The molecule has 0 aliphatic carbocycles. The molecule has 0 radical (unpaired) electrons. The topological polar surface area (TPSA) is 65.1 Å². The Morgan fingerprint density at radius 1 is 1.15 bits per heavy atom. The zero-order valence-corrected chi connectivity index (χ0v) is 12.6. The van der Waals surface area contributed by atoms with Crippen molar-refractivity contribution < 1.29 is 5.21 Å². The number of piperazine rings is 1. The molecule has 7 heteroatoms. The standard InChI is InChI=1S/C13H18Cl2N4O/c14-11-2-1-3-12(15)10(11)8-18-4-6-19(7-5-18)9-13(16)17-20/h1-3,20H,4-9H2,(H2,16,17). The molecule has 0 amide bonds. The minimum absolute atomic E-state index is 0.243. The van der Waals surface area contributed by atoms with Crippen molar-refractivity contribution in [3.05, 3.63) is 33.8 Å². The van der Waals surface area contributed by atoms with Gasteiger partial charge in [0.25, 0.3) is 0 Å². The maximum atomic E-state index is 8.57. The summed E-state index contributed by atoms with van der Waals surface area (Å²) in [5.41, 5.74) is 6.48. The summed E-state index contributed by atoms with van der Waals surface area (Å²) in [6.07, 6.45) is 0. The summed E-state index contributed by atoms with van der Waals surface area (Å²) < 4.78 is 0. The van der Waals surface area contributed by atoms with Gasteiger partial charge in [-0.3, -0.25) is 9.80 Å². The minimum Gasteiger partial charge on any atom is -0.409 e. The average Bonchev–Trinajstić information content (AvgIpc) is 2.44. The lowest BCUT2D eigenvalue weighted by Crippen LogP contribution is -2.48. The Morgan fingerprint density at radius 3 is 2.25 bits per heavy atom. The lowest BCUT2D eigenvalue weighted by molar-refractivity contribution is 0.139. The van der Waals surface area contributed by atoms with Gasteiger partial charge in [0, 0.05) is 48.3 Å². The molecule has 1 aromatic rings. The quantitative estimate of drug-likeness (QED) is 0.385. The first-order valence-corrected chi connectivity index (χ1v) is 7.19. The number of nitrogens with two attached hydrogens (primary N) is 1. The Bertz CT molecular complexity index is 467. The molecule has 1 aliphatic heterocycles. The van der Waals surface area contributed by atoms with Crippen LogP contribution in [0.1, 0.15) is 5.56 Å². The summed E-state index contributed by atoms with van der Waals surface area (Å²) in [6.45, 7) is 4.80. The number of oxime groups is 1. The Balaban J connectivity index is 1.89. The second kappa shape index (κ2) is 7.13. The van der Waals surface area contributed by atoms with Gasteiger partial charge in [-0.15, -0.1) is 0 Å². The van der Waals surface area contributed by atoms with Crippen LogP contribution in [-0.2, 0) is 6.54 Å². The monoisotopic (exact) mass is 316 g/mol. The number of rotatable bonds is 4. The van der Waals surface area contributed by atoms with E-state index in [1.54, 1.807) is 0 Å². The van der Waals surface area contributed by atoms with E-state index in [-0.39, 0.29) is 5.84 Å². The zero-order chi connectivity index (χ0) is 14.5. The number of halogens is 2. The summed E-state index contributed by atoms with van der Waals surface area (Å²) in [6, 6.07) is 5.57. The highest BCUT2D eigenvalue weighted by molar-refractivity contribution is 6.35. The van der Waals surface area contributed by atoms with Crippen LogP contribution in [0, 0.1) is 0 Å². The number of nitrogens with zero attached hydrogens (tertiary/aromatic N) is 3. The lowest BCUT2D eigenvalue weighted by atomic mass is 10.2. The van der Waals surface area contributed by atoms with E-state index in [1.165, 1.54) is 0 Å². The van der Waals surface area contributed by atoms with Crippen molar-refractivity contribution >= 4 is 29.0 Å². The first kappa shape index (κ1) is 15.4. The Labute approximate surface area is 128 Å². The van der Waals surface area contributed by atoms with Crippen LogP contribution in [0.5, 0.6) is 0 Å². The van der Waals surface area contributed by atoms with Crippen LogP contribution >= 0.6 is 23.2 Å². The average molecular weight is 317 g/mol. The Morgan fingerprint density at radius 2 is 1.70 bits per heavy atom. The smallest absolute Gasteiger partial charge is 0.153 e. The highest BCUT2D eigenvalue weighted by atomic mass is 35.5. The second-order valence-corrected chi connectivity index (χ2v) is 5.66. The molecule has 0 aromatic heterocycles. The van der Waals surface area contributed by atoms with Gasteiger partial charge in [0.1, 0.15) is 0 Å². The van der Waals surface area contributed by atoms with E-state index in [1.807, 2.05) is 18.2 Å². The minimum atomic E-state index is 0.243. The van der Waals surface area contributed by atoms with Crippen LogP contribution in [0.3, 0.4) is 0 Å². The fraction of sp³-hybridized carbons (Fsp3) is 0.462. The number of amidine groups is 1. The van der Waals surface area contributed by atoms with E-state index < -0.39 is 0 Å². The third-order valence-electron chi connectivity index (χ3n) is 3.42. The summed E-state index contributed by atoms with van der Waals surface area (Å²) >= 11 is 12.4. The van der Waals surface area contributed by atoms with E-state index >= 15 is 0 Å². The molecule has 0 bridgehead atoms. The summed E-state index contributed by atoms with van der Waals surface area (Å²) in [5.74, 6) is 0.243. The van der Waals surface area contributed by atoms with Gasteiger partial charge in [-0.1, -0.05) is 34.4 Å². The lowest BCUT2D eigenvalue weighted by Gasteiger charge is -2.34. The molecule has 0 atom stereocenters. The number of hydrogen-bond donors (Lipinski definition) is 2. The molecule has 20 heavy (non-hydrogen) atoms. The third kappa shape index (κ3) is 3.99. The Kier molecular flexibility index (Phi) is 5.48. The summed E-state index contributed by atoms with van der Waals surface area (Å²) in [5, 5.41) is 13.0. The highest BCUT2D eigenvalue weighted by Crippen LogP contribution is 2.25. The fourth-order valence-corrected chi connectivity index (χ4v) is 2.79. The predicted molar refractivity (Wildman–Crippen MR) is 81.6 cm³/mol. The van der Waals surface area contributed by atoms with E-state index in [0.717, 1.165) is 38.3 Å². The van der Waals surface area contributed by atoms with Gasteiger partial charge >= 0.3 is 0 Å². The van der Waals surface area contributed by atoms with Gasteiger partial charge < -0.3 is 10.9 Å². The molecule has 0 saturated carbocycles. The molecule has 3 N–H and O–H groups in total. The van der Waals surface area contributed by atoms with Crippen molar-refractivity contribution in [2.24, 2.45) is 10.9 Å². The van der Waals surface area contributed by atoms with Gasteiger partial charge in [0.05, 0.1) is 6.54 Å². The maximum absolute atomic E-state index is 8.57. The van der Waals surface area contributed by atoms with Crippen molar-refractivity contribution in [3.8, 4) is 0 Å². The van der Waals surface area contributed by atoms with Gasteiger partial charge in [-0.05, 0) is 12.1 Å². The molecule has 1 aromatic carbocycles. The van der Waals surface area contributed by atoms with Crippen molar-refractivity contribution in [3.63, 3.8) is 0 Å². The predicted octanol–water partition coefficient (Wildman–Crippen LogP) is 1.86. The second-order valence-electron chi connectivity index (χ2n) is 4.84. The van der Waals surface area contributed by atoms with Crippen molar-refractivity contribution in [1.82, 2.24) is 9.80 Å². The zero-order valence-electron chi connectivity index (χ0n) is 11.1. The molecular formula is C13H18Cl2N4O. The molecule has 1 aliphatic rings. The van der Waals surface area contributed by atoms with Gasteiger partial charge in [-0.25, -0.2) is 0 Å². The van der Waals surface area contributed by atoms with Crippen molar-refractivity contribution in [2.45, 2.75) is 6.54 Å². The molecule has 0 unspecified atom stereocenters. The largest absolute Gasteiger partial charge is 0.409 e. The SMILES string of the molecule is NC(CN1CCN(Cc2c(Cl)cccc2Cl)CC1)=NO. The maximum Gasteiger partial charge on any atom is 0.153 e. The molecule has 5 nitrogen and oxygen atoms in total. The van der Waals surface area contributed by atoms with E-state index in [4.69, 9.17) is 34.1 Å². The number of benzene rings is 1. The number of hydrogen-bond acceptors (Lipinski definition) is 4. The molecule has 0 spiro atoms. The van der Waals surface area contributed by atoms with Gasteiger partial charge in [0.2, 0.25) is 0 Å². The van der Waals surface area contributed by atoms with Crippen LogP contribution in [-0.4, -0.2) is 53.6 Å². The highest BCUT2D eigenvalue weighted by Gasteiger charge is 2.19. The molecule has 1 heterocycles. The van der Waals surface area contributed by atoms with Crippen LogP contribution in [0.2, 0.25) is 10.0 Å². The molecular weight excluding hydrogens is 299 g/mol. The van der Waals surface area contributed by atoms with E-state index in [9.17, 15) is 0 Å². The van der Waals surface area contributed by atoms with Crippen LogP contribution < -0.4 is 5.73 Å². The van der Waals surface area contributed by atoms with Crippen LogP contribution in [0.25, 0.3) is 0 Å². The first-order chi connectivity index (χ1) is 9.60. The normalized spacial score (nSPS) is 18.4. The third-order valence-corrected chi connectivity index (χ3v) is 4.13. The molecule has 2 rings (SSSR count). The van der Waals surface area contributed by atoms with E-state index in [2.05, 4.69) is 15.0 Å². The van der Waals surface area contributed by atoms with E-state index in [0.29, 0.717) is 16.6 Å². The Hall–Kier alpha value is -1.01. The van der Waals surface area contributed by atoms with Gasteiger partial charge in [0.15, 0.2) is 5.84 Å². The van der Waals surface area contributed by atoms with Crippen molar-refractivity contribution in [1.29, 1.82) is 0 Å². The molecule has 1 saturated heterocycles. The van der Waals surface area contributed by atoms with Crippen LogP contribution in [0.15, 0.2) is 23.4 Å².